The van der Waals surface area contributed by atoms with Crippen LogP contribution < -0.4 is 0 Å². The van der Waals surface area contributed by atoms with Crippen molar-refractivity contribution in [3.63, 3.8) is 0 Å². The van der Waals surface area contributed by atoms with Crippen LogP contribution in [0.3, 0.4) is 0 Å². The molecule has 1 unspecified atom stereocenters. The lowest BCUT2D eigenvalue weighted by molar-refractivity contribution is 0.265. The van der Waals surface area contributed by atoms with Gasteiger partial charge in [-0.3, -0.25) is 0 Å². The zero-order valence-corrected chi connectivity index (χ0v) is 18.4. The molecule has 6 nitrogen and oxygen atoms in total. The molecule has 1 saturated heterocycles. The molecule has 0 spiro atoms. The highest BCUT2D eigenvalue weighted by molar-refractivity contribution is 7.89. The van der Waals surface area contributed by atoms with E-state index < -0.39 is 10.0 Å². The average molecular weight is 426 g/mol. The maximum atomic E-state index is 13.2. The Kier molecular flexibility index (Phi) is 5.75. The van der Waals surface area contributed by atoms with Crippen LogP contribution in [0, 0.1) is 6.92 Å². The number of hydrogen-bond acceptors (Lipinski definition) is 5. The van der Waals surface area contributed by atoms with E-state index in [0.29, 0.717) is 35.6 Å². The normalized spacial score (nSPS) is 18.1. The first-order chi connectivity index (χ1) is 14.4. The zero-order chi connectivity index (χ0) is 21.3. The molecule has 2 aromatic carbocycles. The van der Waals surface area contributed by atoms with Gasteiger partial charge >= 0.3 is 0 Å². The first-order valence-corrected chi connectivity index (χ1v) is 11.8. The molecule has 1 atom stereocenters. The van der Waals surface area contributed by atoms with E-state index in [4.69, 9.17) is 4.52 Å². The van der Waals surface area contributed by atoms with Crippen molar-refractivity contribution in [2.45, 2.75) is 50.3 Å². The van der Waals surface area contributed by atoms with Crippen LogP contribution >= 0.6 is 0 Å². The number of aromatic nitrogens is 2. The number of aryl methyl sites for hydroxylation is 1. The fourth-order valence-corrected chi connectivity index (χ4v) is 5.39. The molecule has 1 aromatic heterocycles. The molecule has 0 radical (unpaired) electrons. The first kappa shape index (κ1) is 20.8. The molecular weight excluding hydrogens is 398 g/mol. The van der Waals surface area contributed by atoms with E-state index in [1.807, 2.05) is 43.3 Å². The lowest BCUT2D eigenvalue weighted by Crippen LogP contribution is -2.39. The molecule has 3 aromatic rings. The predicted octanol–water partition coefficient (Wildman–Crippen LogP) is 4.74. The van der Waals surface area contributed by atoms with Crippen molar-refractivity contribution in [1.29, 1.82) is 0 Å². The van der Waals surface area contributed by atoms with Crippen molar-refractivity contribution < 1.29 is 12.9 Å². The SMILES string of the molecule is Cc1ccccc1-c1noc(C2CCCN(S(=O)(=O)c3ccc(C(C)C)cc3)C2)n1. The molecule has 0 bridgehead atoms. The molecule has 2 heterocycles. The van der Waals surface area contributed by atoms with E-state index in [0.717, 1.165) is 29.5 Å². The van der Waals surface area contributed by atoms with E-state index >= 15 is 0 Å². The predicted molar refractivity (Wildman–Crippen MR) is 116 cm³/mol. The summed E-state index contributed by atoms with van der Waals surface area (Å²) >= 11 is 0. The van der Waals surface area contributed by atoms with Gasteiger partial charge in [-0.25, -0.2) is 8.42 Å². The van der Waals surface area contributed by atoms with Crippen LogP contribution in [0.5, 0.6) is 0 Å². The van der Waals surface area contributed by atoms with Crippen LogP contribution in [0.4, 0.5) is 0 Å². The fraction of sp³-hybridized carbons (Fsp3) is 0.391. The number of piperidine rings is 1. The quantitative estimate of drug-likeness (QED) is 0.590. The Morgan fingerprint density at radius 2 is 1.83 bits per heavy atom. The number of nitrogens with zero attached hydrogens (tertiary/aromatic N) is 3. The highest BCUT2D eigenvalue weighted by Crippen LogP contribution is 2.31. The summed E-state index contributed by atoms with van der Waals surface area (Å²) in [6.07, 6.45) is 1.59. The second kappa shape index (κ2) is 8.32. The molecule has 0 aliphatic carbocycles. The summed E-state index contributed by atoms with van der Waals surface area (Å²) in [5.41, 5.74) is 3.13. The summed E-state index contributed by atoms with van der Waals surface area (Å²) < 4.78 is 33.4. The van der Waals surface area contributed by atoms with Crippen molar-refractivity contribution in [2.75, 3.05) is 13.1 Å². The second-order valence-electron chi connectivity index (χ2n) is 8.20. The van der Waals surface area contributed by atoms with Crippen molar-refractivity contribution in [3.05, 3.63) is 65.5 Å². The Labute approximate surface area is 178 Å². The molecule has 7 heteroatoms. The summed E-state index contributed by atoms with van der Waals surface area (Å²) in [4.78, 5) is 4.92. The minimum Gasteiger partial charge on any atom is -0.339 e. The Balaban J connectivity index is 1.54. The molecule has 0 N–H and O–H groups in total. The van der Waals surface area contributed by atoms with Gasteiger partial charge in [0.15, 0.2) is 0 Å². The monoisotopic (exact) mass is 425 g/mol. The summed E-state index contributed by atoms with van der Waals surface area (Å²) in [7, 11) is -3.55. The van der Waals surface area contributed by atoms with Gasteiger partial charge < -0.3 is 4.52 Å². The maximum absolute atomic E-state index is 13.2. The zero-order valence-electron chi connectivity index (χ0n) is 17.6. The van der Waals surface area contributed by atoms with E-state index in [2.05, 4.69) is 24.0 Å². The standard InChI is InChI=1S/C23H27N3O3S/c1-16(2)18-10-12-20(13-11-18)30(27,28)26-14-6-8-19(15-26)23-24-22(25-29-23)21-9-5-4-7-17(21)3/h4-5,7,9-13,16,19H,6,8,14-15H2,1-3H3. The molecule has 4 rings (SSSR count). The number of rotatable bonds is 5. The summed E-state index contributed by atoms with van der Waals surface area (Å²) in [6, 6.07) is 15.1. The van der Waals surface area contributed by atoms with Gasteiger partial charge in [-0.15, -0.1) is 0 Å². The number of benzene rings is 2. The van der Waals surface area contributed by atoms with Gasteiger partial charge in [-0.2, -0.15) is 9.29 Å². The first-order valence-electron chi connectivity index (χ1n) is 10.4. The third kappa shape index (κ3) is 4.04. The van der Waals surface area contributed by atoms with Crippen LogP contribution in [0.1, 0.15) is 55.5 Å². The lowest BCUT2D eigenvalue weighted by Gasteiger charge is -2.30. The number of sulfonamides is 1. The van der Waals surface area contributed by atoms with E-state index in [1.165, 1.54) is 0 Å². The van der Waals surface area contributed by atoms with Gasteiger partial charge in [-0.1, -0.05) is 55.4 Å². The van der Waals surface area contributed by atoms with E-state index in [9.17, 15) is 8.42 Å². The van der Waals surface area contributed by atoms with Gasteiger partial charge in [0.2, 0.25) is 21.7 Å². The van der Waals surface area contributed by atoms with Crippen molar-refractivity contribution in [3.8, 4) is 11.4 Å². The number of hydrogen-bond donors (Lipinski definition) is 0. The van der Waals surface area contributed by atoms with E-state index in [1.54, 1.807) is 16.4 Å². The Hall–Kier alpha value is -2.51. The molecule has 1 aliphatic heterocycles. The van der Waals surface area contributed by atoms with Crippen molar-refractivity contribution in [2.24, 2.45) is 0 Å². The van der Waals surface area contributed by atoms with Gasteiger partial charge in [0, 0.05) is 18.7 Å². The molecule has 1 fully saturated rings. The van der Waals surface area contributed by atoms with Gasteiger partial charge in [0.05, 0.1) is 10.8 Å². The molecule has 0 amide bonds. The molecule has 30 heavy (non-hydrogen) atoms. The van der Waals surface area contributed by atoms with Crippen LogP contribution in [0.15, 0.2) is 57.9 Å². The smallest absolute Gasteiger partial charge is 0.243 e. The van der Waals surface area contributed by atoms with Gasteiger partial charge in [0.25, 0.3) is 0 Å². The third-order valence-corrected chi connectivity index (χ3v) is 7.62. The minimum atomic E-state index is -3.55. The van der Waals surface area contributed by atoms with Gasteiger partial charge in [-0.05, 0) is 48.9 Å². The fourth-order valence-electron chi connectivity index (χ4n) is 3.87. The lowest BCUT2D eigenvalue weighted by atomic mass is 10.00. The average Bonchev–Trinajstić information content (AvgIpc) is 3.24. The van der Waals surface area contributed by atoms with Crippen molar-refractivity contribution in [1.82, 2.24) is 14.4 Å². The second-order valence-corrected chi connectivity index (χ2v) is 10.1. The van der Waals surface area contributed by atoms with Crippen LogP contribution in [0.2, 0.25) is 0 Å². The molecular formula is C23H27N3O3S. The largest absolute Gasteiger partial charge is 0.339 e. The molecule has 1 aliphatic rings. The van der Waals surface area contributed by atoms with Crippen LogP contribution in [-0.2, 0) is 10.0 Å². The molecule has 0 saturated carbocycles. The van der Waals surface area contributed by atoms with Crippen LogP contribution in [0.25, 0.3) is 11.4 Å². The molecule has 158 valence electrons. The summed E-state index contributed by atoms with van der Waals surface area (Å²) in [6.45, 7) is 7.04. The minimum absolute atomic E-state index is 0.103. The summed E-state index contributed by atoms with van der Waals surface area (Å²) in [5.74, 6) is 1.31. The highest BCUT2D eigenvalue weighted by Gasteiger charge is 2.33. The maximum Gasteiger partial charge on any atom is 0.243 e. The summed E-state index contributed by atoms with van der Waals surface area (Å²) in [5, 5.41) is 4.14. The topological polar surface area (TPSA) is 76.3 Å². The van der Waals surface area contributed by atoms with Crippen LogP contribution in [-0.4, -0.2) is 36.0 Å². The Bertz CT molecular complexity index is 1120. The Morgan fingerprint density at radius 3 is 2.53 bits per heavy atom. The van der Waals surface area contributed by atoms with Gasteiger partial charge in [0.1, 0.15) is 0 Å². The van der Waals surface area contributed by atoms with Crippen molar-refractivity contribution >= 4 is 10.0 Å². The highest BCUT2D eigenvalue weighted by atomic mass is 32.2. The Morgan fingerprint density at radius 1 is 1.10 bits per heavy atom. The third-order valence-electron chi connectivity index (χ3n) is 5.75. The van der Waals surface area contributed by atoms with E-state index in [-0.39, 0.29) is 5.92 Å².